The molecule has 2 fully saturated rings. The maximum Gasteiger partial charge on any atom is 0.236 e. The van der Waals surface area contributed by atoms with Gasteiger partial charge in [-0.2, -0.15) is 0 Å². The molecule has 2 heterocycles. The topological polar surface area (TPSA) is 35.6 Å². The fourth-order valence-electron chi connectivity index (χ4n) is 3.56. The van der Waals surface area contributed by atoms with Crippen molar-refractivity contribution in [3.05, 3.63) is 0 Å². The van der Waals surface area contributed by atoms with E-state index in [1.165, 1.54) is 6.42 Å². The Kier molecular flexibility index (Phi) is 7.27. The monoisotopic (exact) mass is 303 g/mol. The van der Waals surface area contributed by atoms with E-state index < -0.39 is 0 Å². The number of nitrogens with one attached hydrogen (secondary N) is 1. The number of likely N-dealkylation sites (tertiary alicyclic amines) is 1. The molecular formula is C15H30ClN3O. The van der Waals surface area contributed by atoms with E-state index in [9.17, 15) is 4.79 Å². The van der Waals surface area contributed by atoms with Crippen molar-refractivity contribution in [2.45, 2.75) is 39.2 Å². The lowest BCUT2D eigenvalue weighted by molar-refractivity contribution is -0.135. The van der Waals surface area contributed by atoms with Crippen molar-refractivity contribution in [2.75, 3.05) is 39.8 Å². The van der Waals surface area contributed by atoms with E-state index >= 15 is 0 Å². The molecule has 118 valence electrons. The number of carbonyl (C=O) groups is 1. The number of rotatable bonds is 3. The molecule has 2 unspecified atom stereocenters. The minimum absolute atomic E-state index is 0. The zero-order valence-corrected chi connectivity index (χ0v) is 13.9. The molecule has 4 nitrogen and oxygen atoms in total. The number of nitrogens with zero attached hydrogens (tertiary/aromatic N) is 2. The van der Waals surface area contributed by atoms with Crippen LogP contribution in [0.25, 0.3) is 0 Å². The second kappa shape index (κ2) is 8.20. The summed E-state index contributed by atoms with van der Waals surface area (Å²) < 4.78 is 0. The SMILES string of the molecule is CC1CC(C)CN(C(=O)CN(C)C2CCNCC2)C1.Cl. The van der Waals surface area contributed by atoms with Crippen LogP contribution in [-0.4, -0.2) is 61.5 Å². The highest BCUT2D eigenvalue weighted by atomic mass is 35.5. The molecule has 0 saturated carbocycles. The largest absolute Gasteiger partial charge is 0.341 e. The second-order valence-electron chi connectivity index (χ2n) is 6.64. The Morgan fingerprint density at radius 2 is 1.75 bits per heavy atom. The van der Waals surface area contributed by atoms with Crippen molar-refractivity contribution in [1.82, 2.24) is 15.1 Å². The molecule has 20 heavy (non-hydrogen) atoms. The molecule has 1 N–H and O–H groups in total. The lowest BCUT2D eigenvalue weighted by Crippen LogP contribution is -2.49. The molecule has 0 aromatic heterocycles. The maximum atomic E-state index is 12.4. The summed E-state index contributed by atoms with van der Waals surface area (Å²) in [6, 6.07) is 0.574. The van der Waals surface area contributed by atoms with Gasteiger partial charge < -0.3 is 10.2 Å². The van der Waals surface area contributed by atoms with Crippen LogP contribution in [0.2, 0.25) is 0 Å². The first-order valence-electron chi connectivity index (χ1n) is 7.75. The normalized spacial score (nSPS) is 28.3. The molecule has 0 radical (unpaired) electrons. The van der Waals surface area contributed by atoms with Crippen molar-refractivity contribution >= 4 is 18.3 Å². The molecule has 2 saturated heterocycles. The van der Waals surface area contributed by atoms with Gasteiger partial charge in [-0.1, -0.05) is 13.8 Å². The summed E-state index contributed by atoms with van der Waals surface area (Å²) >= 11 is 0. The van der Waals surface area contributed by atoms with Gasteiger partial charge in [-0.05, 0) is 51.2 Å². The first-order chi connectivity index (χ1) is 9.06. The molecule has 2 atom stereocenters. The number of halogens is 1. The second-order valence-corrected chi connectivity index (χ2v) is 6.64. The molecular weight excluding hydrogens is 274 g/mol. The Morgan fingerprint density at radius 1 is 1.20 bits per heavy atom. The van der Waals surface area contributed by atoms with Crippen molar-refractivity contribution in [3.63, 3.8) is 0 Å². The lowest BCUT2D eigenvalue weighted by atomic mass is 9.92. The molecule has 5 heteroatoms. The molecule has 0 aromatic rings. The van der Waals surface area contributed by atoms with Crippen LogP contribution in [0, 0.1) is 11.8 Å². The lowest BCUT2D eigenvalue weighted by Gasteiger charge is -2.37. The Labute approximate surface area is 129 Å². The van der Waals surface area contributed by atoms with Crippen LogP contribution in [0.15, 0.2) is 0 Å². The smallest absolute Gasteiger partial charge is 0.236 e. The van der Waals surface area contributed by atoms with Crippen LogP contribution in [-0.2, 0) is 4.79 Å². The molecule has 0 bridgehead atoms. The van der Waals surface area contributed by atoms with Gasteiger partial charge in [-0.3, -0.25) is 9.69 Å². The Hall–Kier alpha value is -0.320. The van der Waals surface area contributed by atoms with Gasteiger partial charge in [0.05, 0.1) is 6.54 Å². The van der Waals surface area contributed by atoms with Gasteiger partial charge in [-0.15, -0.1) is 12.4 Å². The predicted molar refractivity (Wildman–Crippen MR) is 85.3 cm³/mol. The van der Waals surface area contributed by atoms with E-state index in [0.29, 0.717) is 30.3 Å². The highest BCUT2D eigenvalue weighted by Crippen LogP contribution is 2.21. The Balaban J connectivity index is 0.00000200. The Morgan fingerprint density at radius 3 is 2.30 bits per heavy atom. The average molecular weight is 304 g/mol. The third kappa shape index (κ3) is 4.90. The number of carbonyl (C=O) groups excluding carboxylic acids is 1. The van der Waals surface area contributed by atoms with E-state index in [4.69, 9.17) is 0 Å². The van der Waals surface area contributed by atoms with Crippen LogP contribution < -0.4 is 5.32 Å². The number of likely N-dealkylation sites (N-methyl/N-ethyl adjacent to an activating group) is 1. The van der Waals surface area contributed by atoms with Crippen LogP contribution >= 0.6 is 12.4 Å². The summed E-state index contributed by atoms with van der Waals surface area (Å²) in [5, 5.41) is 3.38. The molecule has 1 amide bonds. The number of amides is 1. The zero-order valence-electron chi connectivity index (χ0n) is 13.1. The molecule has 0 spiro atoms. The van der Waals surface area contributed by atoms with E-state index in [-0.39, 0.29) is 12.4 Å². The molecule has 2 aliphatic rings. The van der Waals surface area contributed by atoms with E-state index in [1.807, 2.05) is 0 Å². The van der Waals surface area contributed by atoms with Gasteiger partial charge in [0.2, 0.25) is 5.91 Å². The minimum Gasteiger partial charge on any atom is -0.341 e. The van der Waals surface area contributed by atoms with E-state index in [0.717, 1.165) is 39.0 Å². The van der Waals surface area contributed by atoms with E-state index in [2.05, 4.69) is 36.0 Å². The van der Waals surface area contributed by atoms with Gasteiger partial charge in [-0.25, -0.2) is 0 Å². The van der Waals surface area contributed by atoms with Crippen LogP contribution in [0.1, 0.15) is 33.1 Å². The number of piperidine rings is 2. The quantitative estimate of drug-likeness (QED) is 0.860. The summed E-state index contributed by atoms with van der Waals surface area (Å²) in [4.78, 5) is 16.7. The molecule has 2 rings (SSSR count). The highest BCUT2D eigenvalue weighted by Gasteiger charge is 2.27. The van der Waals surface area contributed by atoms with Crippen LogP contribution in [0.5, 0.6) is 0 Å². The first kappa shape index (κ1) is 17.7. The van der Waals surface area contributed by atoms with E-state index in [1.54, 1.807) is 0 Å². The standard InChI is InChI=1S/C15H29N3O.ClH/c1-12-8-13(2)10-18(9-12)15(19)11-17(3)14-4-6-16-7-5-14;/h12-14,16H,4-11H2,1-3H3;1H. The summed E-state index contributed by atoms with van der Waals surface area (Å²) in [5.74, 6) is 1.62. The van der Waals surface area contributed by atoms with Crippen molar-refractivity contribution in [1.29, 1.82) is 0 Å². The number of hydrogen-bond donors (Lipinski definition) is 1. The summed E-state index contributed by atoms with van der Waals surface area (Å²) in [5.41, 5.74) is 0. The molecule has 0 aromatic carbocycles. The van der Waals surface area contributed by atoms with Gasteiger partial charge in [0.1, 0.15) is 0 Å². The van der Waals surface area contributed by atoms with Gasteiger partial charge in [0.25, 0.3) is 0 Å². The third-order valence-corrected chi connectivity index (χ3v) is 4.54. The molecule has 0 aliphatic carbocycles. The minimum atomic E-state index is 0. The third-order valence-electron chi connectivity index (χ3n) is 4.54. The van der Waals surface area contributed by atoms with Crippen molar-refractivity contribution in [3.8, 4) is 0 Å². The highest BCUT2D eigenvalue weighted by molar-refractivity contribution is 5.85. The average Bonchev–Trinajstić information content (AvgIpc) is 2.38. The number of hydrogen-bond acceptors (Lipinski definition) is 3. The van der Waals surface area contributed by atoms with Crippen molar-refractivity contribution < 1.29 is 4.79 Å². The van der Waals surface area contributed by atoms with Gasteiger partial charge >= 0.3 is 0 Å². The summed E-state index contributed by atoms with van der Waals surface area (Å²) in [7, 11) is 2.10. The maximum absolute atomic E-state index is 12.4. The van der Waals surface area contributed by atoms with Crippen LogP contribution in [0.3, 0.4) is 0 Å². The fourth-order valence-corrected chi connectivity index (χ4v) is 3.56. The van der Waals surface area contributed by atoms with Crippen LogP contribution in [0.4, 0.5) is 0 Å². The molecule has 2 aliphatic heterocycles. The van der Waals surface area contributed by atoms with Gasteiger partial charge in [0.15, 0.2) is 0 Å². The summed E-state index contributed by atoms with van der Waals surface area (Å²) in [6.07, 6.45) is 3.58. The Bertz CT molecular complexity index is 297. The van der Waals surface area contributed by atoms with Crippen molar-refractivity contribution in [2.24, 2.45) is 11.8 Å². The first-order valence-corrected chi connectivity index (χ1v) is 7.75. The summed E-state index contributed by atoms with van der Waals surface area (Å²) in [6.45, 7) is 9.16. The predicted octanol–water partition coefficient (Wildman–Crippen LogP) is 1.60. The van der Waals surface area contributed by atoms with Gasteiger partial charge in [0, 0.05) is 19.1 Å². The zero-order chi connectivity index (χ0) is 13.8. The fraction of sp³-hybridized carbons (Fsp3) is 0.933.